The van der Waals surface area contributed by atoms with Crippen molar-refractivity contribution in [3.05, 3.63) is 35.5 Å². The molecule has 0 radical (unpaired) electrons. The molecule has 0 heteroatoms. The second kappa shape index (κ2) is 9.18. The van der Waals surface area contributed by atoms with Crippen LogP contribution in [0.1, 0.15) is 74.1 Å². The molecular weight excluding hydrogens is 228 g/mol. The minimum absolute atomic E-state index is 0.201. The summed E-state index contributed by atoms with van der Waals surface area (Å²) >= 11 is 0. The predicted octanol–water partition coefficient (Wildman–Crippen LogP) is 6.70. The summed E-state index contributed by atoms with van der Waals surface area (Å²) in [4.78, 5) is 0. The van der Waals surface area contributed by atoms with Crippen LogP contribution in [-0.2, 0) is 0 Å². The van der Waals surface area contributed by atoms with Gasteiger partial charge in [-0.1, -0.05) is 71.4 Å². The van der Waals surface area contributed by atoms with Gasteiger partial charge in [0, 0.05) is 5.41 Å². The van der Waals surface area contributed by atoms with Gasteiger partial charge in [-0.05, 0) is 44.1 Å². The standard InChI is InChI=1S/C19H34/c1-8-11-14-19(7,10-3)15-17(6)18(9-2)13-12-16(4)5/h11,13-16H,8-10,12H2,1-7H3/b14-11-,17-15-,18-13+. The van der Waals surface area contributed by atoms with Crippen LogP contribution in [0, 0.1) is 11.3 Å². The molecule has 0 aliphatic carbocycles. The van der Waals surface area contributed by atoms with Gasteiger partial charge in [0.2, 0.25) is 0 Å². The van der Waals surface area contributed by atoms with E-state index < -0.39 is 0 Å². The van der Waals surface area contributed by atoms with E-state index >= 15 is 0 Å². The highest BCUT2D eigenvalue weighted by atomic mass is 14.2. The van der Waals surface area contributed by atoms with E-state index in [2.05, 4.69) is 72.8 Å². The molecule has 1 unspecified atom stereocenters. The van der Waals surface area contributed by atoms with Gasteiger partial charge < -0.3 is 0 Å². The lowest BCUT2D eigenvalue weighted by Crippen LogP contribution is -2.09. The van der Waals surface area contributed by atoms with Gasteiger partial charge in [0.1, 0.15) is 0 Å². The van der Waals surface area contributed by atoms with Gasteiger partial charge in [-0.2, -0.15) is 0 Å². The number of hydrogen-bond donors (Lipinski definition) is 0. The maximum absolute atomic E-state index is 2.45. The van der Waals surface area contributed by atoms with Crippen LogP contribution in [0.3, 0.4) is 0 Å². The van der Waals surface area contributed by atoms with E-state index in [1.165, 1.54) is 17.6 Å². The third-order valence-corrected chi connectivity index (χ3v) is 3.77. The van der Waals surface area contributed by atoms with Crippen LogP contribution in [0.4, 0.5) is 0 Å². The molecule has 0 N–H and O–H groups in total. The van der Waals surface area contributed by atoms with Crippen LogP contribution in [0.15, 0.2) is 35.5 Å². The van der Waals surface area contributed by atoms with E-state index in [1.807, 2.05) is 0 Å². The van der Waals surface area contributed by atoms with E-state index in [0.717, 1.165) is 25.2 Å². The van der Waals surface area contributed by atoms with Crippen LogP contribution in [0.2, 0.25) is 0 Å². The second-order valence-corrected chi connectivity index (χ2v) is 6.21. The maximum atomic E-state index is 2.45. The molecule has 0 saturated heterocycles. The Balaban J connectivity index is 5.10. The summed E-state index contributed by atoms with van der Waals surface area (Å²) in [7, 11) is 0. The van der Waals surface area contributed by atoms with Gasteiger partial charge in [0.05, 0.1) is 0 Å². The average molecular weight is 262 g/mol. The lowest BCUT2D eigenvalue weighted by Gasteiger charge is -2.22. The van der Waals surface area contributed by atoms with Crippen molar-refractivity contribution < 1.29 is 0 Å². The molecule has 0 aliphatic heterocycles. The molecule has 110 valence electrons. The molecule has 0 aromatic heterocycles. The van der Waals surface area contributed by atoms with Gasteiger partial charge in [0.15, 0.2) is 0 Å². The third kappa shape index (κ3) is 7.40. The van der Waals surface area contributed by atoms with Gasteiger partial charge in [0.25, 0.3) is 0 Å². The average Bonchev–Trinajstić information content (AvgIpc) is 2.36. The lowest BCUT2D eigenvalue weighted by atomic mass is 9.83. The molecule has 0 bridgehead atoms. The number of hydrogen-bond acceptors (Lipinski definition) is 0. The van der Waals surface area contributed by atoms with Crippen LogP contribution in [0.25, 0.3) is 0 Å². The summed E-state index contributed by atoms with van der Waals surface area (Å²) in [6, 6.07) is 0. The molecule has 0 aromatic carbocycles. The molecule has 1 atom stereocenters. The van der Waals surface area contributed by atoms with Gasteiger partial charge in [-0.25, -0.2) is 0 Å². The lowest BCUT2D eigenvalue weighted by molar-refractivity contribution is 0.525. The quantitative estimate of drug-likeness (QED) is 0.337. The topological polar surface area (TPSA) is 0 Å². The molecule has 0 amide bonds. The third-order valence-electron chi connectivity index (χ3n) is 3.77. The van der Waals surface area contributed by atoms with Crippen molar-refractivity contribution in [3.8, 4) is 0 Å². The Bertz CT molecular complexity index is 328. The van der Waals surface area contributed by atoms with Crippen LogP contribution in [-0.4, -0.2) is 0 Å². The summed E-state index contributed by atoms with van der Waals surface area (Å²) in [6.07, 6.45) is 14.1. The molecule has 0 fully saturated rings. The van der Waals surface area contributed by atoms with E-state index in [-0.39, 0.29) is 5.41 Å². The molecule has 0 saturated carbocycles. The Morgan fingerprint density at radius 1 is 1.16 bits per heavy atom. The molecule has 0 heterocycles. The fourth-order valence-electron chi connectivity index (χ4n) is 2.20. The fourth-order valence-corrected chi connectivity index (χ4v) is 2.20. The van der Waals surface area contributed by atoms with E-state index in [0.29, 0.717) is 0 Å². The smallest absolute Gasteiger partial charge is 0.00358 e. The Morgan fingerprint density at radius 3 is 2.21 bits per heavy atom. The van der Waals surface area contributed by atoms with Crippen molar-refractivity contribution in [2.24, 2.45) is 11.3 Å². The zero-order chi connectivity index (χ0) is 14.9. The minimum atomic E-state index is 0.201. The Labute approximate surface area is 121 Å². The van der Waals surface area contributed by atoms with E-state index in [9.17, 15) is 0 Å². The van der Waals surface area contributed by atoms with E-state index in [1.54, 1.807) is 0 Å². The van der Waals surface area contributed by atoms with Crippen LogP contribution < -0.4 is 0 Å². The first-order valence-corrected chi connectivity index (χ1v) is 7.95. The second-order valence-electron chi connectivity index (χ2n) is 6.21. The maximum Gasteiger partial charge on any atom is 0.00358 e. The molecule has 0 aromatic rings. The molecule has 0 rings (SSSR count). The summed E-state index contributed by atoms with van der Waals surface area (Å²) in [5.74, 6) is 0.742. The van der Waals surface area contributed by atoms with Crippen molar-refractivity contribution in [1.82, 2.24) is 0 Å². The molecule has 0 nitrogen and oxygen atoms in total. The summed E-state index contributed by atoms with van der Waals surface area (Å²) in [6.45, 7) is 15.9. The number of allylic oxidation sites excluding steroid dienone is 6. The Kier molecular flexibility index (Phi) is 8.80. The molecular formula is C19H34. The normalized spacial score (nSPS) is 17.3. The first-order chi connectivity index (χ1) is 8.88. The van der Waals surface area contributed by atoms with Crippen LogP contribution in [0.5, 0.6) is 0 Å². The first kappa shape index (κ1) is 18.2. The van der Waals surface area contributed by atoms with Crippen molar-refractivity contribution in [2.75, 3.05) is 0 Å². The Hall–Kier alpha value is -0.780. The largest absolute Gasteiger partial charge is 0.0880 e. The summed E-state index contributed by atoms with van der Waals surface area (Å²) < 4.78 is 0. The zero-order valence-corrected chi connectivity index (χ0v) is 14.2. The highest BCUT2D eigenvalue weighted by Crippen LogP contribution is 2.29. The molecule has 19 heavy (non-hydrogen) atoms. The zero-order valence-electron chi connectivity index (χ0n) is 14.2. The van der Waals surface area contributed by atoms with Gasteiger partial charge in [-0.15, -0.1) is 0 Å². The van der Waals surface area contributed by atoms with Crippen molar-refractivity contribution in [1.29, 1.82) is 0 Å². The van der Waals surface area contributed by atoms with Crippen molar-refractivity contribution in [2.45, 2.75) is 74.1 Å². The van der Waals surface area contributed by atoms with Crippen molar-refractivity contribution >= 4 is 0 Å². The van der Waals surface area contributed by atoms with Gasteiger partial charge in [-0.3, -0.25) is 0 Å². The monoisotopic (exact) mass is 262 g/mol. The molecule has 0 aliphatic rings. The summed E-state index contributed by atoms with van der Waals surface area (Å²) in [5, 5.41) is 0. The minimum Gasteiger partial charge on any atom is -0.0880 e. The summed E-state index contributed by atoms with van der Waals surface area (Å²) in [5.41, 5.74) is 3.16. The van der Waals surface area contributed by atoms with Crippen LogP contribution >= 0.6 is 0 Å². The highest BCUT2D eigenvalue weighted by Gasteiger charge is 2.15. The number of rotatable bonds is 8. The fraction of sp³-hybridized carbons (Fsp3) is 0.684. The SMILES string of the molecule is CC/C=C\C(C)(/C=C(C)\C(=C\CC(C)C)CC)CC. The highest BCUT2D eigenvalue weighted by molar-refractivity contribution is 5.32. The predicted molar refractivity (Wildman–Crippen MR) is 89.4 cm³/mol. The van der Waals surface area contributed by atoms with Crippen molar-refractivity contribution in [3.63, 3.8) is 0 Å². The Morgan fingerprint density at radius 2 is 1.79 bits per heavy atom. The van der Waals surface area contributed by atoms with E-state index in [4.69, 9.17) is 0 Å². The first-order valence-electron chi connectivity index (χ1n) is 7.95. The molecule has 0 spiro atoms. The van der Waals surface area contributed by atoms with Gasteiger partial charge >= 0.3 is 0 Å².